The fourth-order valence-corrected chi connectivity index (χ4v) is 1.09. The van der Waals surface area contributed by atoms with Gasteiger partial charge in [-0.15, -0.1) is 0 Å². The second kappa shape index (κ2) is 6.12. The summed E-state index contributed by atoms with van der Waals surface area (Å²) in [6, 6.07) is 0. The van der Waals surface area contributed by atoms with Crippen LogP contribution in [0.1, 0.15) is 33.1 Å². The number of aliphatic carboxylic acids is 1. The minimum Gasteiger partial charge on any atom is -0.481 e. The van der Waals surface area contributed by atoms with E-state index in [9.17, 15) is 14.4 Å². The quantitative estimate of drug-likeness (QED) is 0.530. The van der Waals surface area contributed by atoms with Crippen molar-refractivity contribution in [2.24, 2.45) is 5.92 Å². The Labute approximate surface area is 82.1 Å². The van der Waals surface area contributed by atoms with Crippen molar-refractivity contribution in [1.82, 2.24) is 0 Å². The minimum atomic E-state index is -1.07. The van der Waals surface area contributed by atoms with Crippen molar-refractivity contribution in [3.05, 3.63) is 0 Å². The SMILES string of the molecule is CCCC(CC(=O)O)C(=O)OC(C)=O. The third-order valence-corrected chi connectivity index (χ3v) is 1.64. The van der Waals surface area contributed by atoms with Crippen molar-refractivity contribution < 1.29 is 24.2 Å². The molecular formula is C9H14O5. The van der Waals surface area contributed by atoms with E-state index in [2.05, 4.69) is 4.74 Å². The molecule has 0 aromatic heterocycles. The Balaban J connectivity index is 4.24. The average Bonchev–Trinajstić information content (AvgIpc) is 2.01. The molecule has 1 atom stereocenters. The smallest absolute Gasteiger partial charge is 0.317 e. The molecule has 0 radical (unpaired) electrons. The molecular weight excluding hydrogens is 188 g/mol. The van der Waals surface area contributed by atoms with E-state index < -0.39 is 23.8 Å². The van der Waals surface area contributed by atoms with E-state index in [4.69, 9.17) is 5.11 Å². The molecule has 0 aliphatic heterocycles. The van der Waals surface area contributed by atoms with Gasteiger partial charge in [-0.2, -0.15) is 0 Å². The number of rotatable bonds is 5. The van der Waals surface area contributed by atoms with Gasteiger partial charge in [-0.25, -0.2) is 0 Å². The van der Waals surface area contributed by atoms with E-state index in [1.165, 1.54) is 0 Å². The van der Waals surface area contributed by atoms with E-state index in [1.807, 2.05) is 6.92 Å². The molecule has 0 spiro atoms. The Morgan fingerprint density at radius 1 is 1.36 bits per heavy atom. The van der Waals surface area contributed by atoms with Crippen molar-refractivity contribution in [3.8, 4) is 0 Å². The van der Waals surface area contributed by atoms with Gasteiger partial charge in [0.25, 0.3) is 0 Å². The van der Waals surface area contributed by atoms with E-state index >= 15 is 0 Å². The first-order valence-electron chi connectivity index (χ1n) is 4.41. The summed E-state index contributed by atoms with van der Waals surface area (Å²) in [5.74, 6) is -3.24. The predicted octanol–water partition coefficient (Wildman–Crippen LogP) is 0.967. The van der Waals surface area contributed by atoms with Gasteiger partial charge in [0.05, 0.1) is 12.3 Å². The van der Waals surface area contributed by atoms with Crippen molar-refractivity contribution in [3.63, 3.8) is 0 Å². The zero-order chi connectivity index (χ0) is 11.1. The molecule has 0 saturated heterocycles. The molecule has 14 heavy (non-hydrogen) atoms. The number of carbonyl (C=O) groups is 3. The summed E-state index contributed by atoms with van der Waals surface area (Å²) in [6.07, 6.45) is 0.795. The Morgan fingerprint density at radius 3 is 2.29 bits per heavy atom. The topological polar surface area (TPSA) is 80.7 Å². The summed E-state index contributed by atoms with van der Waals surface area (Å²) in [5.41, 5.74) is 0. The molecule has 0 aromatic carbocycles. The number of carbonyl (C=O) groups excluding carboxylic acids is 2. The molecule has 0 fully saturated rings. The lowest BCUT2D eigenvalue weighted by Crippen LogP contribution is -2.22. The van der Waals surface area contributed by atoms with Gasteiger partial charge >= 0.3 is 17.9 Å². The predicted molar refractivity (Wildman–Crippen MR) is 47.4 cm³/mol. The molecule has 0 rings (SSSR count). The highest BCUT2D eigenvalue weighted by molar-refractivity contribution is 5.87. The maximum absolute atomic E-state index is 11.2. The maximum Gasteiger partial charge on any atom is 0.317 e. The van der Waals surface area contributed by atoms with E-state index in [0.29, 0.717) is 12.8 Å². The summed E-state index contributed by atoms with van der Waals surface area (Å²) >= 11 is 0. The Kier molecular flexibility index (Phi) is 5.52. The van der Waals surface area contributed by atoms with Crippen LogP contribution in [0.25, 0.3) is 0 Å². The lowest BCUT2D eigenvalue weighted by Gasteiger charge is -2.10. The lowest BCUT2D eigenvalue weighted by molar-refractivity contribution is -0.163. The van der Waals surface area contributed by atoms with Crippen LogP contribution in [0.5, 0.6) is 0 Å². The average molecular weight is 202 g/mol. The van der Waals surface area contributed by atoms with Gasteiger partial charge in [0.2, 0.25) is 0 Å². The molecule has 5 nitrogen and oxygen atoms in total. The van der Waals surface area contributed by atoms with Gasteiger partial charge in [-0.1, -0.05) is 13.3 Å². The summed E-state index contributed by atoms with van der Waals surface area (Å²) in [5, 5.41) is 8.50. The molecule has 0 aliphatic rings. The Hall–Kier alpha value is -1.39. The number of carboxylic acid groups (broad SMARTS) is 1. The van der Waals surface area contributed by atoms with Crippen LogP contribution in [0, 0.1) is 5.92 Å². The first-order valence-corrected chi connectivity index (χ1v) is 4.41. The molecule has 0 amide bonds. The third-order valence-electron chi connectivity index (χ3n) is 1.64. The normalized spacial score (nSPS) is 11.9. The molecule has 80 valence electrons. The van der Waals surface area contributed by atoms with Gasteiger partial charge in [0.15, 0.2) is 0 Å². The van der Waals surface area contributed by atoms with Gasteiger partial charge < -0.3 is 9.84 Å². The van der Waals surface area contributed by atoms with Crippen molar-refractivity contribution in [1.29, 1.82) is 0 Å². The van der Waals surface area contributed by atoms with E-state index in [0.717, 1.165) is 6.92 Å². The number of esters is 2. The van der Waals surface area contributed by atoms with Crippen LogP contribution in [0.4, 0.5) is 0 Å². The standard InChI is InChI=1S/C9H14O5/c1-3-4-7(5-8(11)12)9(13)14-6(2)10/h7H,3-5H2,1-2H3,(H,11,12). The van der Waals surface area contributed by atoms with Crippen molar-refractivity contribution >= 4 is 17.9 Å². The van der Waals surface area contributed by atoms with Crippen LogP contribution in [0.15, 0.2) is 0 Å². The molecule has 0 bridgehead atoms. The molecule has 1 N–H and O–H groups in total. The summed E-state index contributed by atoms with van der Waals surface area (Å²) in [6.45, 7) is 2.94. The second-order valence-electron chi connectivity index (χ2n) is 3.00. The molecule has 5 heteroatoms. The second-order valence-corrected chi connectivity index (χ2v) is 3.00. The molecule has 0 aromatic rings. The Bertz CT molecular complexity index is 233. The largest absolute Gasteiger partial charge is 0.481 e. The molecule has 0 aliphatic carbocycles. The number of hydrogen-bond donors (Lipinski definition) is 1. The van der Waals surface area contributed by atoms with Crippen molar-refractivity contribution in [2.75, 3.05) is 0 Å². The maximum atomic E-state index is 11.2. The lowest BCUT2D eigenvalue weighted by atomic mass is 10.0. The van der Waals surface area contributed by atoms with Crippen LogP contribution in [-0.2, 0) is 19.1 Å². The van der Waals surface area contributed by atoms with Gasteiger partial charge in [-0.05, 0) is 6.42 Å². The van der Waals surface area contributed by atoms with E-state index in [1.54, 1.807) is 0 Å². The molecule has 0 saturated carbocycles. The zero-order valence-corrected chi connectivity index (χ0v) is 8.28. The Morgan fingerprint density at radius 2 is 1.93 bits per heavy atom. The highest BCUT2D eigenvalue weighted by Crippen LogP contribution is 2.13. The van der Waals surface area contributed by atoms with Crippen LogP contribution in [-0.4, -0.2) is 23.0 Å². The highest BCUT2D eigenvalue weighted by Gasteiger charge is 2.23. The fraction of sp³-hybridized carbons (Fsp3) is 0.667. The van der Waals surface area contributed by atoms with Crippen molar-refractivity contribution in [2.45, 2.75) is 33.1 Å². The minimum absolute atomic E-state index is 0.292. The summed E-state index contributed by atoms with van der Waals surface area (Å²) in [4.78, 5) is 32.0. The van der Waals surface area contributed by atoms with E-state index in [-0.39, 0.29) is 6.42 Å². The molecule has 0 heterocycles. The third kappa shape index (κ3) is 5.29. The zero-order valence-electron chi connectivity index (χ0n) is 8.28. The van der Waals surface area contributed by atoms with Crippen LogP contribution in [0.2, 0.25) is 0 Å². The fourth-order valence-electron chi connectivity index (χ4n) is 1.09. The van der Waals surface area contributed by atoms with Gasteiger partial charge in [0, 0.05) is 6.92 Å². The van der Waals surface area contributed by atoms with Gasteiger partial charge in [-0.3, -0.25) is 14.4 Å². The number of hydrogen-bond acceptors (Lipinski definition) is 4. The van der Waals surface area contributed by atoms with Gasteiger partial charge in [0.1, 0.15) is 0 Å². The first kappa shape index (κ1) is 12.6. The van der Waals surface area contributed by atoms with Crippen LogP contribution < -0.4 is 0 Å². The van der Waals surface area contributed by atoms with Crippen LogP contribution >= 0.6 is 0 Å². The number of ether oxygens (including phenoxy) is 1. The highest BCUT2D eigenvalue weighted by atomic mass is 16.6. The van der Waals surface area contributed by atoms with Crippen LogP contribution in [0.3, 0.4) is 0 Å². The summed E-state index contributed by atoms with van der Waals surface area (Å²) < 4.78 is 4.32. The first-order chi connectivity index (χ1) is 6.47. The monoisotopic (exact) mass is 202 g/mol. The number of carboxylic acids is 1. The molecule has 1 unspecified atom stereocenters. The summed E-state index contributed by atoms with van der Waals surface area (Å²) in [7, 11) is 0.